The molecule has 0 bridgehead atoms. The highest BCUT2D eigenvalue weighted by Gasteiger charge is 2.32. The first-order valence-corrected chi connectivity index (χ1v) is 12.3. The third kappa shape index (κ3) is 4.17. The zero-order valence-electron chi connectivity index (χ0n) is 16.9. The van der Waals surface area contributed by atoms with Crippen molar-refractivity contribution in [3.8, 4) is 22.6 Å². The number of anilines is 1. The minimum absolute atomic E-state index is 0.0369. The number of alkyl halides is 2. The third-order valence-electron chi connectivity index (χ3n) is 5.19. The number of thiophene rings is 1. The van der Waals surface area contributed by atoms with Crippen molar-refractivity contribution in [2.75, 3.05) is 4.72 Å². The maximum absolute atomic E-state index is 13.1. The van der Waals surface area contributed by atoms with E-state index in [-0.39, 0.29) is 10.6 Å². The van der Waals surface area contributed by atoms with Gasteiger partial charge in [0, 0.05) is 5.56 Å². The first-order valence-electron chi connectivity index (χ1n) is 9.92. The summed E-state index contributed by atoms with van der Waals surface area (Å²) in [6, 6.07) is 22.0. The van der Waals surface area contributed by atoms with Gasteiger partial charge in [-0.05, 0) is 52.9 Å². The maximum atomic E-state index is 13.1. The molecule has 1 N–H and O–H groups in total. The molecule has 1 atom stereocenters. The molecule has 1 aliphatic heterocycles. The molecule has 1 aromatic heterocycles. The third-order valence-corrected chi connectivity index (χ3v) is 7.47. The molecule has 0 fully saturated rings. The van der Waals surface area contributed by atoms with E-state index in [1.54, 1.807) is 35.7 Å². The number of fused-ring (bicyclic) bond motifs is 3. The molecular formula is C24H17F2NO4S2. The summed E-state index contributed by atoms with van der Waals surface area (Å²) in [7, 11) is -3.88. The number of halogens is 2. The van der Waals surface area contributed by atoms with Crippen molar-refractivity contribution in [3.05, 3.63) is 95.4 Å². The minimum Gasteiger partial charge on any atom is -0.480 e. The van der Waals surface area contributed by atoms with Crippen LogP contribution in [0.4, 0.5) is 13.8 Å². The molecule has 5 rings (SSSR count). The quantitative estimate of drug-likeness (QED) is 0.348. The Bertz CT molecular complexity index is 1390. The Kier molecular flexibility index (Phi) is 5.51. The monoisotopic (exact) mass is 485 g/mol. The SMILES string of the molecule is O=S(=O)(Nc1cccs1)c1ccc2c(c1)C(c1ccccc1)Oc1cccc(OC(F)F)c1-2. The first kappa shape index (κ1) is 21.4. The van der Waals surface area contributed by atoms with E-state index in [0.29, 0.717) is 27.4 Å². The van der Waals surface area contributed by atoms with Crippen LogP contribution in [0, 0.1) is 0 Å². The molecule has 0 aliphatic carbocycles. The average Bonchev–Trinajstić information content (AvgIpc) is 3.30. The number of hydrogen-bond acceptors (Lipinski definition) is 5. The van der Waals surface area contributed by atoms with Crippen molar-refractivity contribution >= 4 is 26.4 Å². The molecule has 1 aliphatic rings. The van der Waals surface area contributed by atoms with Crippen LogP contribution >= 0.6 is 11.3 Å². The molecule has 0 radical (unpaired) electrons. The van der Waals surface area contributed by atoms with Gasteiger partial charge in [0.15, 0.2) is 0 Å². The zero-order valence-corrected chi connectivity index (χ0v) is 18.6. The number of rotatable bonds is 6. The Morgan fingerprint density at radius 2 is 1.79 bits per heavy atom. The minimum atomic E-state index is -3.88. The van der Waals surface area contributed by atoms with Crippen molar-refractivity contribution in [1.29, 1.82) is 0 Å². The van der Waals surface area contributed by atoms with Crippen molar-refractivity contribution in [1.82, 2.24) is 0 Å². The molecule has 0 amide bonds. The van der Waals surface area contributed by atoms with Crippen LogP contribution in [0.1, 0.15) is 17.2 Å². The number of nitrogens with one attached hydrogen (secondary N) is 1. The Hall–Kier alpha value is -3.43. The fourth-order valence-corrected chi connectivity index (χ4v) is 5.78. The predicted molar refractivity (Wildman–Crippen MR) is 123 cm³/mol. The van der Waals surface area contributed by atoms with Crippen LogP contribution in [-0.4, -0.2) is 15.0 Å². The van der Waals surface area contributed by atoms with E-state index in [9.17, 15) is 17.2 Å². The lowest BCUT2D eigenvalue weighted by molar-refractivity contribution is -0.0496. The van der Waals surface area contributed by atoms with Crippen molar-refractivity contribution < 1.29 is 26.7 Å². The van der Waals surface area contributed by atoms with E-state index < -0.39 is 22.7 Å². The molecule has 9 heteroatoms. The Morgan fingerprint density at radius 1 is 0.970 bits per heavy atom. The van der Waals surface area contributed by atoms with Crippen LogP contribution < -0.4 is 14.2 Å². The molecular weight excluding hydrogens is 468 g/mol. The zero-order chi connectivity index (χ0) is 23.0. The number of benzene rings is 3. The van der Waals surface area contributed by atoms with E-state index in [2.05, 4.69) is 4.72 Å². The van der Waals surface area contributed by atoms with Gasteiger partial charge in [-0.15, -0.1) is 11.3 Å². The number of sulfonamides is 1. The Labute approximate surface area is 193 Å². The topological polar surface area (TPSA) is 64.6 Å². The lowest BCUT2D eigenvalue weighted by Crippen LogP contribution is -2.18. The summed E-state index contributed by atoms with van der Waals surface area (Å²) >= 11 is 1.27. The largest absolute Gasteiger partial charge is 0.480 e. The highest BCUT2D eigenvalue weighted by molar-refractivity contribution is 7.93. The Morgan fingerprint density at radius 3 is 2.52 bits per heavy atom. The van der Waals surface area contributed by atoms with E-state index in [0.717, 1.165) is 5.56 Å². The summed E-state index contributed by atoms with van der Waals surface area (Å²) in [5.74, 6) is 0.337. The molecule has 0 saturated carbocycles. The van der Waals surface area contributed by atoms with Crippen LogP contribution in [-0.2, 0) is 10.0 Å². The smallest absolute Gasteiger partial charge is 0.387 e. The van der Waals surface area contributed by atoms with Gasteiger partial charge in [0.2, 0.25) is 0 Å². The molecule has 0 spiro atoms. The van der Waals surface area contributed by atoms with Crippen LogP contribution in [0.2, 0.25) is 0 Å². The van der Waals surface area contributed by atoms with Crippen LogP contribution in [0.5, 0.6) is 11.5 Å². The molecule has 1 unspecified atom stereocenters. The molecule has 168 valence electrons. The standard InChI is InChI=1S/C24H17F2NO4S2/c25-24(26)31-20-9-4-8-19-22(20)17-12-11-16(33(28,29)27-21-10-5-13-32-21)14-18(17)23(30-19)15-6-2-1-3-7-15/h1-14,23-24,27H. The second-order valence-electron chi connectivity index (χ2n) is 7.25. The van der Waals surface area contributed by atoms with Gasteiger partial charge >= 0.3 is 6.61 Å². The van der Waals surface area contributed by atoms with Gasteiger partial charge in [0.05, 0.1) is 10.5 Å². The lowest BCUT2D eigenvalue weighted by Gasteiger charge is -2.30. The van der Waals surface area contributed by atoms with Gasteiger partial charge in [-0.1, -0.05) is 42.5 Å². The van der Waals surface area contributed by atoms with Gasteiger partial charge in [0.1, 0.15) is 22.6 Å². The van der Waals surface area contributed by atoms with Crippen molar-refractivity contribution in [3.63, 3.8) is 0 Å². The number of ether oxygens (including phenoxy) is 2. The summed E-state index contributed by atoms with van der Waals surface area (Å²) in [4.78, 5) is 0.0369. The molecule has 4 aromatic rings. The molecule has 5 nitrogen and oxygen atoms in total. The number of hydrogen-bond donors (Lipinski definition) is 1. The molecule has 0 saturated heterocycles. The molecule has 2 heterocycles. The summed E-state index contributed by atoms with van der Waals surface area (Å²) in [5.41, 5.74) is 2.25. The van der Waals surface area contributed by atoms with Gasteiger partial charge in [-0.3, -0.25) is 4.72 Å². The van der Waals surface area contributed by atoms with Gasteiger partial charge in [-0.2, -0.15) is 8.78 Å². The van der Waals surface area contributed by atoms with E-state index in [1.165, 1.54) is 29.5 Å². The van der Waals surface area contributed by atoms with Crippen molar-refractivity contribution in [2.45, 2.75) is 17.6 Å². The molecule has 33 heavy (non-hydrogen) atoms. The second-order valence-corrected chi connectivity index (χ2v) is 9.88. The highest BCUT2D eigenvalue weighted by atomic mass is 32.2. The predicted octanol–water partition coefficient (Wildman–Crippen LogP) is 6.30. The molecule has 3 aromatic carbocycles. The lowest BCUT2D eigenvalue weighted by atomic mass is 9.89. The summed E-state index contributed by atoms with van der Waals surface area (Å²) in [5, 5.41) is 2.26. The fraction of sp³-hybridized carbons (Fsp3) is 0.0833. The average molecular weight is 486 g/mol. The van der Waals surface area contributed by atoms with Crippen LogP contribution in [0.15, 0.2) is 89.1 Å². The highest BCUT2D eigenvalue weighted by Crippen LogP contribution is 2.49. The van der Waals surface area contributed by atoms with Crippen LogP contribution in [0.3, 0.4) is 0 Å². The fourth-order valence-electron chi connectivity index (χ4n) is 3.82. The van der Waals surface area contributed by atoms with Crippen molar-refractivity contribution in [2.24, 2.45) is 0 Å². The first-order chi connectivity index (χ1) is 15.9. The van der Waals surface area contributed by atoms with Gasteiger partial charge in [0.25, 0.3) is 10.0 Å². The van der Waals surface area contributed by atoms with E-state index in [1.807, 2.05) is 30.3 Å². The summed E-state index contributed by atoms with van der Waals surface area (Å²) < 4.78 is 65.6. The van der Waals surface area contributed by atoms with Gasteiger partial charge < -0.3 is 9.47 Å². The van der Waals surface area contributed by atoms with Gasteiger partial charge in [-0.25, -0.2) is 8.42 Å². The van der Waals surface area contributed by atoms with E-state index in [4.69, 9.17) is 9.47 Å². The van der Waals surface area contributed by atoms with E-state index >= 15 is 0 Å². The summed E-state index contributed by atoms with van der Waals surface area (Å²) in [6.45, 7) is -3.01. The second kappa shape index (κ2) is 8.49. The van der Waals surface area contributed by atoms with Crippen LogP contribution in [0.25, 0.3) is 11.1 Å². The summed E-state index contributed by atoms with van der Waals surface area (Å²) in [6.07, 6.45) is -0.632. The normalized spacial score (nSPS) is 14.8. The Balaban J connectivity index is 1.67. The maximum Gasteiger partial charge on any atom is 0.387 e.